The zero-order valence-corrected chi connectivity index (χ0v) is 18.8. The van der Waals surface area contributed by atoms with Crippen LogP contribution in [0.5, 0.6) is 0 Å². The minimum Gasteiger partial charge on any atom is -0.459 e. The van der Waals surface area contributed by atoms with Crippen LogP contribution in [0.2, 0.25) is 0 Å². The fourth-order valence-electron chi connectivity index (χ4n) is 2.63. The summed E-state index contributed by atoms with van der Waals surface area (Å²) in [5, 5.41) is 0. The normalized spacial score (nSPS) is 14.4. The van der Waals surface area contributed by atoms with Gasteiger partial charge in [-0.15, -0.1) is 0 Å². The molecule has 1 rings (SSSR count). The van der Waals surface area contributed by atoms with Crippen LogP contribution in [-0.4, -0.2) is 21.0 Å². The van der Waals surface area contributed by atoms with Gasteiger partial charge in [-0.05, 0) is 64.7 Å². The topological polar surface area (TPSA) is 55.4 Å². The van der Waals surface area contributed by atoms with E-state index in [2.05, 4.69) is 18.6 Å². The summed E-state index contributed by atoms with van der Waals surface area (Å²) < 4.78 is 20.8. The molecule has 27 heavy (non-hydrogen) atoms. The van der Waals surface area contributed by atoms with E-state index in [4.69, 9.17) is 4.74 Å². The summed E-state index contributed by atoms with van der Waals surface area (Å²) in [6, 6.07) is 7.48. The van der Waals surface area contributed by atoms with Crippen LogP contribution >= 0.6 is 0 Å². The van der Waals surface area contributed by atoms with Gasteiger partial charge in [0.15, 0.2) is 0 Å². The van der Waals surface area contributed by atoms with E-state index < -0.39 is 11.0 Å². The van der Waals surface area contributed by atoms with Crippen molar-refractivity contribution < 1.29 is 13.7 Å². The minimum absolute atomic E-state index is 0.00684. The highest BCUT2D eigenvalue weighted by Crippen LogP contribution is 2.24. The molecule has 0 spiro atoms. The lowest BCUT2D eigenvalue weighted by atomic mass is 9.98. The van der Waals surface area contributed by atoms with Crippen LogP contribution in [-0.2, 0) is 15.7 Å². The van der Waals surface area contributed by atoms with Crippen molar-refractivity contribution in [2.24, 2.45) is 5.92 Å². The number of carbonyl (C=O) groups is 1. The molecule has 0 saturated heterocycles. The van der Waals surface area contributed by atoms with Crippen LogP contribution in [0.15, 0.2) is 24.3 Å². The number of ether oxygens (including phenoxy) is 1. The molecule has 5 heteroatoms. The standard InChI is InChI=1S/C22H37NO3S/c1-16(2)10-8-9-11-20(23-27(25)22(5,6)7)18-12-14-19(15-13-18)21(24)26-17(3)4/h12-17,20,23H,8-11H2,1-7H3/t20?,27-/m0/s1. The molecular formula is C22H37NO3S. The first kappa shape index (κ1) is 23.8. The van der Waals surface area contributed by atoms with Crippen molar-refractivity contribution in [3.63, 3.8) is 0 Å². The molecule has 0 aliphatic carbocycles. The van der Waals surface area contributed by atoms with E-state index in [0.717, 1.165) is 24.8 Å². The molecule has 1 N–H and O–H groups in total. The Morgan fingerprint density at radius 3 is 2.07 bits per heavy atom. The fourth-order valence-corrected chi connectivity index (χ4v) is 3.50. The van der Waals surface area contributed by atoms with Crippen molar-refractivity contribution in [1.82, 2.24) is 4.72 Å². The van der Waals surface area contributed by atoms with E-state index in [9.17, 15) is 9.00 Å². The predicted octanol–water partition coefficient (Wildman–Crippen LogP) is 5.56. The summed E-state index contributed by atoms with van der Waals surface area (Å²) in [6.45, 7) is 14.1. The fraction of sp³-hybridized carbons (Fsp3) is 0.682. The third kappa shape index (κ3) is 9.02. The lowest BCUT2D eigenvalue weighted by Crippen LogP contribution is -2.35. The Hall–Kier alpha value is -1.20. The number of carbonyl (C=O) groups excluding carboxylic acids is 1. The smallest absolute Gasteiger partial charge is 0.338 e. The molecule has 154 valence electrons. The van der Waals surface area contributed by atoms with Gasteiger partial charge in [0.1, 0.15) is 0 Å². The molecule has 0 bridgehead atoms. The van der Waals surface area contributed by atoms with E-state index in [1.165, 1.54) is 6.42 Å². The number of esters is 1. The molecule has 0 saturated carbocycles. The molecule has 0 aliphatic heterocycles. The summed E-state index contributed by atoms with van der Waals surface area (Å²) in [6.07, 6.45) is 4.23. The Morgan fingerprint density at radius 1 is 1.04 bits per heavy atom. The molecule has 0 heterocycles. The van der Waals surface area contributed by atoms with Gasteiger partial charge in [0.05, 0.1) is 27.4 Å². The van der Waals surface area contributed by atoms with Crippen LogP contribution in [0.4, 0.5) is 0 Å². The van der Waals surface area contributed by atoms with Gasteiger partial charge >= 0.3 is 5.97 Å². The molecule has 0 fully saturated rings. The third-order valence-corrected chi connectivity index (χ3v) is 5.83. The van der Waals surface area contributed by atoms with E-state index in [1.54, 1.807) is 12.1 Å². The number of unbranched alkanes of at least 4 members (excludes halogenated alkanes) is 1. The average molecular weight is 396 g/mol. The maximum atomic E-state index is 12.6. The molecule has 0 aromatic heterocycles. The van der Waals surface area contributed by atoms with Crippen molar-refractivity contribution in [1.29, 1.82) is 0 Å². The average Bonchev–Trinajstić information content (AvgIpc) is 2.55. The Morgan fingerprint density at radius 2 is 1.59 bits per heavy atom. The molecule has 4 nitrogen and oxygen atoms in total. The van der Waals surface area contributed by atoms with Crippen LogP contribution in [0.1, 0.15) is 96.1 Å². The Labute approximate surface area is 168 Å². The Balaban J connectivity index is 2.87. The summed E-state index contributed by atoms with van der Waals surface area (Å²) >= 11 is 0. The lowest BCUT2D eigenvalue weighted by molar-refractivity contribution is 0.0378. The second kappa shape index (κ2) is 11.0. The zero-order valence-electron chi connectivity index (χ0n) is 18.0. The molecule has 1 aromatic carbocycles. The molecular weight excluding hydrogens is 358 g/mol. The second-order valence-electron chi connectivity index (χ2n) is 8.81. The van der Waals surface area contributed by atoms with Crippen LogP contribution in [0.3, 0.4) is 0 Å². The van der Waals surface area contributed by atoms with Gasteiger partial charge in [-0.2, -0.15) is 0 Å². The second-order valence-corrected chi connectivity index (χ2v) is 10.8. The third-order valence-electron chi connectivity index (χ3n) is 4.22. The highest BCUT2D eigenvalue weighted by atomic mass is 32.2. The Kier molecular flexibility index (Phi) is 9.68. The van der Waals surface area contributed by atoms with Crippen molar-refractivity contribution in [2.45, 2.75) is 91.0 Å². The lowest BCUT2D eigenvalue weighted by Gasteiger charge is -2.25. The van der Waals surface area contributed by atoms with Crippen LogP contribution in [0, 0.1) is 5.92 Å². The number of nitrogens with one attached hydrogen (secondary N) is 1. The van der Waals surface area contributed by atoms with E-state index in [1.807, 2.05) is 46.8 Å². The molecule has 0 amide bonds. The predicted molar refractivity (Wildman–Crippen MR) is 114 cm³/mol. The van der Waals surface area contributed by atoms with Gasteiger partial charge in [0, 0.05) is 6.04 Å². The van der Waals surface area contributed by atoms with E-state index in [0.29, 0.717) is 11.5 Å². The van der Waals surface area contributed by atoms with Crippen molar-refractivity contribution in [2.75, 3.05) is 0 Å². The maximum Gasteiger partial charge on any atom is 0.338 e. The molecule has 2 atom stereocenters. The first-order chi connectivity index (χ1) is 12.5. The molecule has 1 unspecified atom stereocenters. The van der Waals surface area contributed by atoms with E-state index >= 15 is 0 Å². The quantitative estimate of drug-likeness (QED) is 0.417. The number of rotatable bonds is 10. The van der Waals surface area contributed by atoms with Gasteiger partial charge in [-0.25, -0.2) is 13.7 Å². The van der Waals surface area contributed by atoms with Gasteiger partial charge in [-0.1, -0.05) is 45.2 Å². The van der Waals surface area contributed by atoms with Gasteiger partial charge < -0.3 is 4.74 Å². The van der Waals surface area contributed by atoms with Crippen LogP contribution in [0.25, 0.3) is 0 Å². The first-order valence-corrected chi connectivity index (χ1v) is 11.1. The molecule has 0 aliphatic rings. The van der Waals surface area contributed by atoms with Crippen molar-refractivity contribution in [3.05, 3.63) is 35.4 Å². The SMILES string of the molecule is CC(C)CCCCC(N[S@@](=O)C(C)(C)C)c1ccc(C(=O)OC(C)C)cc1. The summed E-state index contributed by atoms with van der Waals surface area (Å²) in [5.74, 6) is 0.391. The highest BCUT2D eigenvalue weighted by molar-refractivity contribution is 7.84. The van der Waals surface area contributed by atoms with Gasteiger partial charge in [-0.3, -0.25) is 0 Å². The highest BCUT2D eigenvalue weighted by Gasteiger charge is 2.23. The zero-order chi connectivity index (χ0) is 20.6. The number of benzene rings is 1. The number of hydrogen-bond acceptors (Lipinski definition) is 3. The van der Waals surface area contributed by atoms with Crippen LogP contribution < -0.4 is 4.72 Å². The first-order valence-electron chi connectivity index (χ1n) is 9.99. The monoisotopic (exact) mass is 395 g/mol. The number of hydrogen-bond donors (Lipinski definition) is 1. The summed E-state index contributed by atoms with van der Waals surface area (Å²) in [4.78, 5) is 12.0. The molecule has 1 aromatic rings. The minimum atomic E-state index is -1.15. The largest absolute Gasteiger partial charge is 0.459 e. The van der Waals surface area contributed by atoms with Gasteiger partial charge in [0.25, 0.3) is 0 Å². The van der Waals surface area contributed by atoms with Crippen molar-refractivity contribution >= 4 is 17.0 Å². The van der Waals surface area contributed by atoms with Crippen molar-refractivity contribution in [3.8, 4) is 0 Å². The Bertz CT molecular complexity index is 603. The van der Waals surface area contributed by atoms with Gasteiger partial charge in [0.2, 0.25) is 0 Å². The van der Waals surface area contributed by atoms with E-state index in [-0.39, 0.29) is 22.9 Å². The summed E-state index contributed by atoms with van der Waals surface area (Å²) in [5.41, 5.74) is 1.60. The maximum absolute atomic E-state index is 12.6. The molecule has 0 radical (unpaired) electrons. The summed E-state index contributed by atoms with van der Waals surface area (Å²) in [7, 11) is -1.15.